The fraction of sp³-hybridized carbons (Fsp3) is 0.688. The molecule has 2 rings (SSSR count). The lowest BCUT2D eigenvalue weighted by Gasteiger charge is -2.26. The van der Waals surface area contributed by atoms with E-state index < -0.39 is 0 Å². The molecule has 1 amide bonds. The van der Waals surface area contributed by atoms with Crippen LogP contribution < -0.4 is 11.1 Å². The number of hydrogen-bond acceptors (Lipinski definition) is 3. The molecule has 4 heteroatoms. The summed E-state index contributed by atoms with van der Waals surface area (Å²) in [7, 11) is 0. The fourth-order valence-corrected chi connectivity index (χ4v) is 3.91. The number of carbonyl (C=O) groups excluding carboxylic acids is 1. The van der Waals surface area contributed by atoms with E-state index in [0.717, 1.165) is 25.7 Å². The van der Waals surface area contributed by atoms with Crippen molar-refractivity contribution in [2.45, 2.75) is 58.0 Å². The van der Waals surface area contributed by atoms with Gasteiger partial charge in [-0.2, -0.15) is 0 Å². The maximum Gasteiger partial charge on any atom is 0.225 e. The molecule has 0 radical (unpaired) electrons. The van der Waals surface area contributed by atoms with Gasteiger partial charge in [-0.3, -0.25) is 4.79 Å². The van der Waals surface area contributed by atoms with Crippen molar-refractivity contribution in [2.75, 3.05) is 0 Å². The number of nitrogens with two attached hydrogens (primary N) is 1. The van der Waals surface area contributed by atoms with E-state index in [2.05, 4.69) is 30.6 Å². The smallest absolute Gasteiger partial charge is 0.225 e. The van der Waals surface area contributed by atoms with E-state index in [1.54, 1.807) is 11.3 Å². The summed E-state index contributed by atoms with van der Waals surface area (Å²) >= 11 is 1.71. The summed E-state index contributed by atoms with van der Waals surface area (Å²) in [5.41, 5.74) is 6.19. The molecule has 3 N–H and O–H groups in total. The minimum absolute atomic E-state index is 0.0151. The predicted molar refractivity (Wildman–Crippen MR) is 84.6 cm³/mol. The standard InChI is InChI=1S/C16H26N2OS/c1-11(2)15(14-9-6-10-20-14)18-16(19)12-7-4-3-5-8-13(12)17/h6,9-13,15H,3-5,7-8,17H2,1-2H3,(H,18,19). The number of carbonyl (C=O) groups is 1. The lowest BCUT2D eigenvalue weighted by atomic mass is 9.93. The maximum atomic E-state index is 12.6. The molecule has 1 fully saturated rings. The number of nitrogens with one attached hydrogen (secondary N) is 1. The van der Waals surface area contributed by atoms with Gasteiger partial charge < -0.3 is 11.1 Å². The van der Waals surface area contributed by atoms with Crippen molar-refractivity contribution in [3.8, 4) is 0 Å². The minimum Gasteiger partial charge on any atom is -0.348 e. The topological polar surface area (TPSA) is 55.1 Å². The van der Waals surface area contributed by atoms with Crippen LogP contribution in [0, 0.1) is 11.8 Å². The maximum absolute atomic E-state index is 12.6. The van der Waals surface area contributed by atoms with Gasteiger partial charge in [0.1, 0.15) is 0 Å². The van der Waals surface area contributed by atoms with Crippen molar-refractivity contribution in [3.05, 3.63) is 22.4 Å². The molecule has 1 heterocycles. The van der Waals surface area contributed by atoms with Crippen LogP contribution in [0.25, 0.3) is 0 Å². The van der Waals surface area contributed by atoms with Gasteiger partial charge in [-0.05, 0) is 30.2 Å². The first-order chi connectivity index (χ1) is 9.59. The molecule has 20 heavy (non-hydrogen) atoms. The molecule has 0 bridgehead atoms. The molecule has 3 nitrogen and oxygen atoms in total. The monoisotopic (exact) mass is 294 g/mol. The average molecular weight is 294 g/mol. The lowest BCUT2D eigenvalue weighted by Crippen LogP contribution is -2.43. The second kappa shape index (κ2) is 7.23. The molecular weight excluding hydrogens is 268 g/mol. The molecule has 0 spiro atoms. The van der Waals surface area contributed by atoms with E-state index in [4.69, 9.17) is 5.73 Å². The molecule has 1 aliphatic carbocycles. The van der Waals surface area contributed by atoms with Gasteiger partial charge in [0, 0.05) is 10.9 Å². The largest absolute Gasteiger partial charge is 0.348 e. The molecule has 3 atom stereocenters. The van der Waals surface area contributed by atoms with Gasteiger partial charge in [-0.15, -0.1) is 11.3 Å². The molecule has 0 aliphatic heterocycles. The summed E-state index contributed by atoms with van der Waals surface area (Å²) in [5.74, 6) is 0.518. The van der Waals surface area contributed by atoms with Crippen molar-refractivity contribution in [3.63, 3.8) is 0 Å². The number of rotatable bonds is 4. The molecule has 0 aromatic carbocycles. The Morgan fingerprint density at radius 2 is 2.10 bits per heavy atom. The van der Waals surface area contributed by atoms with E-state index in [1.807, 2.05) is 6.07 Å². The van der Waals surface area contributed by atoms with Crippen molar-refractivity contribution in [1.82, 2.24) is 5.32 Å². The summed E-state index contributed by atoms with van der Waals surface area (Å²) in [6, 6.07) is 4.27. The van der Waals surface area contributed by atoms with E-state index in [0.29, 0.717) is 5.92 Å². The van der Waals surface area contributed by atoms with E-state index in [1.165, 1.54) is 11.3 Å². The molecule has 0 saturated heterocycles. The molecule has 1 aliphatic rings. The van der Waals surface area contributed by atoms with Gasteiger partial charge in [0.15, 0.2) is 0 Å². The minimum atomic E-state index is -0.0151. The highest BCUT2D eigenvalue weighted by Crippen LogP contribution is 2.28. The Labute approximate surface area is 125 Å². The molecule has 112 valence electrons. The highest BCUT2D eigenvalue weighted by atomic mass is 32.1. The van der Waals surface area contributed by atoms with E-state index >= 15 is 0 Å². The first-order valence-electron chi connectivity index (χ1n) is 7.69. The summed E-state index contributed by atoms with van der Waals surface area (Å²) in [4.78, 5) is 13.8. The van der Waals surface area contributed by atoms with Crippen molar-refractivity contribution < 1.29 is 4.79 Å². The zero-order valence-corrected chi connectivity index (χ0v) is 13.3. The van der Waals surface area contributed by atoms with Crippen LogP contribution in [-0.4, -0.2) is 11.9 Å². The second-order valence-electron chi connectivity index (χ2n) is 6.15. The Morgan fingerprint density at radius 1 is 1.35 bits per heavy atom. The van der Waals surface area contributed by atoms with Crippen LogP contribution in [0.1, 0.15) is 56.9 Å². The Balaban J connectivity index is 2.04. The Morgan fingerprint density at radius 3 is 2.75 bits per heavy atom. The molecule has 1 aromatic heterocycles. The predicted octanol–water partition coefficient (Wildman–Crippen LogP) is 3.47. The van der Waals surface area contributed by atoms with Crippen molar-refractivity contribution >= 4 is 17.2 Å². The molecular formula is C16H26N2OS. The van der Waals surface area contributed by atoms with Crippen LogP contribution in [0.5, 0.6) is 0 Å². The number of hydrogen-bond donors (Lipinski definition) is 2. The van der Waals surface area contributed by atoms with Crippen molar-refractivity contribution in [2.24, 2.45) is 17.6 Å². The number of thiophene rings is 1. The second-order valence-corrected chi connectivity index (χ2v) is 7.13. The zero-order valence-electron chi connectivity index (χ0n) is 12.5. The Hall–Kier alpha value is -0.870. The van der Waals surface area contributed by atoms with Gasteiger partial charge in [-0.1, -0.05) is 39.2 Å². The summed E-state index contributed by atoms with van der Waals surface area (Å²) in [6.07, 6.45) is 5.39. The van der Waals surface area contributed by atoms with Gasteiger partial charge in [0.25, 0.3) is 0 Å². The van der Waals surface area contributed by atoms with Crippen LogP contribution >= 0.6 is 11.3 Å². The van der Waals surface area contributed by atoms with E-state index in [9.17, 15) is 4.79 Å². The third kappa shape index (κ3) is 3.83. The van der Waals surface area contributed by atoms with Gasteiger partial charge in [0.2, 0.25) is 5.91 Å². The SMILES string of the molecule is CC(C)C(NC(=O)C1CCCCCC1N)c1cccs1. The first kappa shape index (κ1) is 15.5. The van der Waals surface area contributed by atoms with Crippen molar-refractivity contribution in [1.29, 1.82) is 0 Å². The van der Waals surface area contributed by atoms with Crippen LogP contribution in [0.3, 0.4) is 0 Å². The molecule has 1 saturated carbocycles. The Kier molecular flexibility index (Phi) is 5.61. The van der Waals surface area contributed by atoms with E-state index in [-0.39, 0.29) is 23.9 Å². The fourth-order valence-electron chi connectivity index (χ4n) is 2.96. The summed E-state index contributed by atoms with van der Waals surface area (Å²) in [5, 5.41) is 5.30. The zero-order chi connectivity index (χ0) is 14.5. The highest BCUT2D eigenvalue weighted by molar-refractivity contribution is 7.10. The molecule has 1 aromatic rings. The Bertz CT molecular complexity index is 416. The van der Waals surface area contributed by atoms with Crippen LogP contribution in [0.2, 0.25) is 0 Å². The van der Waals surface area contributed by atoms with Gasteiger partial charge in [0.05, 0.1) is 12.0 Å². The van der Waals surface area contributed by atoms with Gasteiger partial charge in [-0.25, -0.2) is 0 Å². The molecule has 3 unspecified atom stereocenters. The summed E-state index contributed by atoms with van der Waals surface area (Å²) < 4.78 is 0. The summed E-state index contributed by atoms with van der Waals surface area (Å²) in [6.45, 7) is 4.30. The van der Waals surface area contributed by atoms with Crippen LogP contribution in [0.4, 0.5) is 0 Å². The lowest BCUT2D eigenvalue weighted by molar-refractivity contribution is -0.126. The first-order valence-corrected chi connectivity index (χ1v) is 8.57. The quantitative estimate of drug-likeness (QED) is 0.835. The average Bonchev–Trinajstić information content (AvgIpc) is 2.84. The van der Waals surface area contributed by atoms with Crippen LogP contribution in [0.15, 0.2) is 17.5 Å². The number of amides is 1. The highest BCUT2D eigenvalue weighted by Gasteiger charge is 2.29. The third-order valence-corrected chi connectivity index (χ3v) is 5.18. The van der Waals surface area contributed by atoms with Gasteiger partial charge >= 0.3 is 0 Å². The normalized spacial score (nSPS) is 25.2. The third-order valence-electron chi connectivity index (χ3n) is 4.22. The van der Waals surface area contributed by atoms with Crippen LogP contribution in [-0.2, 0) is 4.79 Å².